The smallest absolute Gasteiger partial charge is 0.228 e. The van der Waals surface area contributed by atoms with Gasteiger partial charge in [-0.05, 0) is 23.6 Å². The molecule has 2 aromatic rings. The summed E-state index contributed by atoms with van der Waals surface area (Å²) in [5.74, 6) is 0.0809. The van der Waals surface area contributed by atoms with Gasteiger partial charge in [-0.2, -0.15) is 0 Å². The summed E-state index contributed by atoms with van der Waals surface area (Å²) in [5, 5.41) is 3.05. The van der Waals surface area contributed by atoms with Crippen LogP contribution in [0.4, 0.5) is 5.69 Å². The van der Waals surface area contributed by atoms with Gasteiger partial charge in [0, 0.05) is 11.1 Å². The number of amides is 1. The van der Waals surface area contributed by atoms with Crippen LogP contribution in [0.5, 0.6) is 0 Å². The summed E-state index contributed by atoms with van der Waals surface area (Å²) in [7, 11) is 0. The predicted molar refractivity (Wildman–Crippen MR) is 81.7 cm³/mol. The van der Waals surface area contributed by atoms with E-state index in [1.807, 2.05) is 36.4 Å². The Kier molecular flexibility index (Phi) is 3.09. The Balaban J connectivity index is 1.98. The van der Waals surface area contributed by atoms with Crippen LogP contribution in [0.2, 0.25) is 0 Å². The Hall–Kier alpha value is -2.09. The normalized spacial score (nSPS) is 20.1. The summed E-state index contributed by atoms with van der Waals surface area (Å²) in [6.45, 7) is 4.33. The molecule has 2 nitrogen and oxygen atoms in total. The van der Waals surface area contributed by atoms with Crippen LogP contribution in [0.3, 0.4) is 0 Å². The van der Waals surface area contributed by atoms with E-state index in [0.717, 1.165) is 12.1 Å². The topological polar surface area (TPSA) is 29.1 Å². The van der Waals surface area contributed by atoms with Crippen molar-refractivity contribution in [2.75, 3.05) is 5.32 Å². The van der Waals surface area contributed by atoms with Crippen molar-refractivity contribution in [3.63, 3.8) is 0 Å². The number of para-hydroxylation sites is 1. The minimum absolute atomic E-state index is 0.0419. The SMILES string of the molecule is CC1(C)c2ccccc2NC(=O)C1Cc1ccccc1. The minimum atomic E-state index is -0.158. The summed E-state index contributed by atoms with van der Waals surface area (Å²) in [6, 6.07) is 18.3. The number of hydrogen-bond donors (Lipinski definition) is 1. The molecule has 1 aliphatic rings. The first-order valence-corrected chi connectivity index (χ1v) is 7.03. The fourth-order valence-electron chi connectivity index (χ4n) is 3.09. The monoisotopic (exact) mass is 265 g/mol. The van der Waals surface area contributed by atoms with Crippen LogP contribution in [0.15, 0.2) is 54.6 Å². The van der Waals surface area contributed by atoms with Crippen LogP contribution in [-0.2, 0) is 16.6 Å². The number of carbonyl (C=O) groups is 1. The number of nitrogens with one attached hydrogen (secondary N) is 1. The lowest BCUT2D eigenvalue weighted by atomic mass is 9.68. The van der Waals surface area contributed by atoms with Crippen LogP contribution < -0.4 is 5.32 Å². The van der Waals surface area contributed by atoms with Crippen molar-refractivity contribution in [1.82, 2.24) is 0 Å². The van der Waals surface area contributed by atoms with Gasteiger partial charge in [0.1, 0.15) is 0 Å². The van der Waals surface area contributed by atoms with Crippen LogP contribution >= 0.6 is 0 Å². The van der Waals surface area contributed by atoms with E-state index in [1.54, 1.807) is 0 Å². The van der Waals surface area contributed by atoms with Gasteiger partial charge in [0.25, 0.3) is 0 Å². The van der Waals surface area contributed by atoms with Gasteiger partial charge < -0.3 is 5.32 Å². The Labute approximate surface area is 119 Å². The number of rotatable bonds is 2. The van der Waals surface area contributed by atoms with Gasteiger partial charge >= 0.3 is 0 Å². The average Bonchev–Trinajstić information content (AvgIpc) is 2.45. The average molecular weight is 265 g/mol. The molecule has 0 spiro atoms. The largest absolute Gasteiger partial charge is 0.326 e. The molecule has 1 aliphatic heterocycles. The third kappa shape index (κ3) is 2.11. The van der Waals surface area contributed by atoms with Gasteiger partial charge in [-0.25, -0.2) is 0 Å². The third-order valence-electron chi connectivity index (χ3n) is 4.35. The van der Waals surface area contributed by atoms with Gasteiger partial charge in [-0.1, -0.05) is 62.4 Å². The lowest BCUT2D eigenvalue weighted by Gasteiger charge is -2.39. The fraction of sp³-hybridized carbons (Fsp3) is 0.278. The maximum atomic E-state index is 12.5. The summed E-state index contributed by atoms with van der Waals surface area (Å²) in [6.07, 6.45) is 0.772. The highest BCUT2D eigenvalue weighted by atomic mass is 16.2. The lowest BCUT2D eigenvalue weighted by molar-refractivity contribution is -0.122. The van der Waals surface area contributed by atoms with E-state index in [1.165, 1.54) is 11.1 Å². The molecule has 0 saturated heterocycles. The van der Waals surface area contributed by atoms with Gasteiger partial charge in [0.2, 0.25) is 5.91 Å². The summed E-state index contributed by atoms with van der Waals surface area (Å²) < 4.78 is 0. The van der Waals surface area contributed by atoms with Crippen molar-refractivity contribution in [3.8, 4) is 0 Å². The molecule has 2 aromatic carbocycles. The van der Waals surface area contributed by atoms with E-state index in [0.29, 0.717) is 0 Å². The molecule has 20 heavy (non-hydrogen) atoms. The molecule has 0 bridgehead atoms. The summed E-state index contributed by atoms with van der Waals surface area (Å²) >= 11 is 0. The molecule has 1 amide bonds. The number of hydrogen-bond acceptors (Lipinski definition) is 1. The molecular weight excluding hydrogens is 246 g/mol. The Bertz CT molecular complexity index is 631. The first-order valence-electron chi connectivity index (χ1n) is 7.03. The van der Waals surface area contributed by atoms with E-state index in [4.69, 9.17) is 0 Å². The molecule has 1 atom stereocenters. The number of fused-ring (bicyclic) bond motifs is 1. The van der Waals surface area contributed by atoms with Gasteiger partial charge in [-0.15, -0.1) is 0 Å². The van der Waals surface area contributed by atoms with Crippen molar-refractivity contribution in [2.24, 2.45) is 5.92 Å². The van der Waals surface area contributed by atoms with Crippen molar-refractivity contribution in [3.05, 3.63) is 65.7 Å². The lowest BCUT2D eigenvalue weighted by Crippen LogP contribution is -2.44. The first-order chi connectivity index (χ1) is 9.59. The fourth-order valence-corrected chi connectivity index (χ4v) is 3.09. The van der Waals surface area contributed by atoms with Gasteiger partial charge in [0.05, 0.1) is 5.92 Å². The molecule has 0 fully saturated rings. The maximum absolute atomic E-state index is 12.5. The molecule has 0 saturated carbocycles. The van der Waals surface area contributed by atoms with E-state index in [2.05, 4.69) is 37.4 Å². The van der Waals surface area contributed by atoms with Crippen LogP contribution in [-0.4, -0.2) is 5.91 Å². The highest BCUT2D eigenvalue weighted by Crippen LogP contribution is 2.42. The quantitative estimate of drug-likeness (QED) is 0.879. The van der Waals surface area contributed by atoms with E-state index in [9.17, 15) is 4.79 Å². The molecule has 0 aliphatic carbocycles. The third-order valence-corrected chi connectivity index (χ3v) is 4.35. The van der Waals surface area contributed by atoms with Crippen molar-refractivity contribution in [1.29, 1.82) is 0 Å². The van der Waals surface area contributed by atoms with E-state index < -0.39 is 0 Å². The predicted octanol–water partition coefficient (Wildman–Crippen LogP) is 3.78. The molecule has 3 rings (SSSR count). The summed E-state index contributed by atoms with van der Waals surface area (Å²) in [4.78, 5) is 12.5. The highest BCUT2D eigenvalue weighted by molar-refractivity contribution is 5.97. The zero-order chi connectivity index (χ0) is 14.2. The first kappa shape index (κ1) is 12.9. The number of anilines is 1. The molecule has 1 heterocycles. The Morgan fingerprint density at radius 1 is 1.00 bits per heavy atom. The van der Waals surface area contributed by atoms with Crippen LogP contribution in [0.1, 0.15) is 25.0 Å². The second-order valence-corrected chi connectivity index (χ2v) is 6.00. The second kappa shape index (κ2) is 4.78. The van der Waals surface area contributed by atoms with E-state index >= 15 is 0 Å². The van der Waals surface area contributed by atoms with Gasteiger partial charge in [0.15, 0.2) is 0 Å². The molecule has 0 radical (unpaired) electrons. The van der Waals surface area contributed by atoms with E-state index in [-0.39, 0.29) is 17.2 Å². The Morgan fingerprint density at radius 3 is 2.40 bits per heavy atom. The molecule has 102 valence electrons. The van der Waals surface area contributed by atoms with Crippen LogP contribution in [0.25, 0.3) is 0 Å². The maximum Gasteiger partial charge on any atom is 0.228 e. The standard InChI is InChI=1S/C18H19NO/c1-18(2)14-10-6-7-11-16(14)19-17(20)15(18)12-13-8-4-3-5-9-13/h3-11,15H,12H2,1-2H3,(H,19,20). The Morgan fingerprint density at radius 2 is 1.65 bits per heavy atom. The number of benzene rings is 2. The van der Waals surface area contributed by atoms with Crippen molar-refractivity contribution in [2.45, 2.75) is 25.7 Å². The highest BCUT2D eigenvalue weighted by Gasteiger charge is 2.41. The van der Waals surface area contributed by atoms with Crippen molar-refractivity contribution >= 4 is 11.6 Å². The van der Waals surface area contributed by atoms with Gasteiger partial charge in [-0.3, -0.25) is 4.79 Å². The second-order valence-electron chi connectivity index (χ2n) is 6.00. The molecule has 2 heteroatoms. The molecule has 1 N–H and O–H groups in total. The minimum Gasteiger partial charge on any atom is -0.326 e. The zero-order valence-electron chi connectivity index (χ0n) is 11.9. The molecule has 0 aromatic heterocycles. The number of carbonyl (C=O) groups excluding carboxylic acids is 1. The zero-order valence-corrected chi connectivity index (χ0v) is 11.9. The molecule has 1 unspecified atom stereocenters. The molecular formula is C18H19NO. The van der Waals surface area contributed by atoms with Crippen molar-refractivity contribution < 1.29 is 4.79 Å². The van der Waals surface area contributed by atoms with Crippen LogP contribution in [0, 0.1) is 5.92 Å². The summed E-state index contributed by atoms with van der Waals surface area (Å²) in [5.41, 5.74) is 3.22.